The summed E-state index contributed by atoms with van der Waals surface area (Å²) < 4.78 is 28.4. The Morgan fingerprint density at radius 2 is 1.77 bits per heavy atom. The fourth-order valence-electron chi connectivity index (χ4n) is 3.13. The monoisotopic (exact) mass is 390 g/mol. The van der Waals surface area contributed by atoms with Crippen molar-refractivity contribution in [3.63, 3.8) is 0 Å². The van der Waals surface area contributed by atoms with Crippen LogP contribution in [0.5, 0.6) is 0 Å². The highest BCUT2D eigenvalue weighted by atomic mass is 32.2. The van der Waals surface area contributed by atoms with Crippen LogP contribution in [-0.2, 0) is 14.8 Å². The molecule has 1 atom stereocenters. The van der Waals surface area contributed by atoms with Gasteiger partial charge in [-0.25, -0.2) is 8.42 Å². The second-order valence-electron chi connectivity index (χ2n) is 6.72. The average Bonchev–Trinajstić information content (AvgIpc) is 2.66. The summed E-state index contributed by atoms with van der Waals surface area (Å²) in [5.41, 5.74) is 3.97. The number of thioether (sulfide) groups is 1. The third-order valence-corrected chi connectivity index (χ3v) is 6.78. The molecule has 2 aromatic carbocycles. The predicted octanol–water partition coefficient (Wildman–Crippen LogP) is 4.24. The Bertz CT molecular complexity index is 961. The van der Waals surface area contributed by atoms with Gasteiger partial charge in [0.25, 0.3) is 10.0 Å². The van der Waals surface area contributed by atoms with E-state index in [9.17, 15) is 13.2 Å². The van der Waals surface area contributed by atoms with Crippen LogP contribution in [0.2, 0.25) is 0 Å². The lowest BCUT2D eigenvalue weighted by molar-refractivity contribution is -0.116. The van der Waals surface area contributed by atoms with Gasteiger partial charge in [0.15, 0.2) is 0 Å². The number of hydrogen-bond acceptors (Lipinski definition) is 4. The van der Waals surface area contributed by atoms with Gasteiger partial charge in [0.1, 0.15) is 0 Å². The van der Waals surface area contributed by atoms with Crippen LogP contribution in [0.3, 0.4) is 0 Å². The van der Waals surface area contributed by atoms with Crippen molar-refractivity contribution in [2.24, 2.45) is 0 Å². The molecule has 2 aromatic rings. The van der Waals surface area contributed by atoms with Gasteiger partial charge in [-0.05, 0) is 50.1 Å². The van der Waals surface area contributed by atoms with Gasteiger partial charge in [-0.2, -0.15) is 0 Å². The first-order valence-corrected chi connectivity index (χ1v) is 10.7. The summed E-state index contributed by atoms with van der Waals surface area (Å²) in [6, 6.07) is 8.75. The molecule has 5 nitrogen and oxygen atoms in total. The molecule has 1 aliphatic rings. The highest BCUT2D eigenvalue weighted by molar-refractivity contribution is 8.00. The van der Waals surface area contributed by atoms with Crippen LogP contribution in [0.1, 0.15) is 30.0 Å². The van der Waals surface area contributed by atoms with Gasteiger partial charge < -0.3 is 5.32 Å². The van der Waals surface area contributed by atoms with Gasteiger partial charge in [0, 0.05) is 16.6 Å². The molecule has 2 N–H and O–H groups in total. The molecule has 0 radical (unpaired) electrons. The van der Waals surface area contributed by atoms with Gasteiger partial charge in [-0.15, -0.1) is 11.8 Å². The topological polar surface area (TPSA) is 75.3 Å². The van der Waals surface area contributed by atoms with Gasteiger partial charge in [0.2, 0.25) is 5.91 Å². The summed E-state index contributed by atoms with van der Waals surface area (Å²) >= 11 is 1.57. The van der Waals surface area contributed by atoms with E-state index in [0.717, 1.165) is 21.6 Å². The Balaban J connectivity index is 1.97. The maximum atomic E-state index is 12.9. The predicted molar refractivity (Wildman–Crippen MR) is 106 cm³/mol. The molecular formula is C19H22N2O3S2. The number of anilines is 2. The molecule has 0 fully saturated rings. The van der Waals surface area contributed by atoms with Crippen molar-refractivity contribution < 1.29 is 13.2 Å². The van der Waals surface area contributed by atoms with Crippen LogP contribution in [0, 0.1) is 20.8 Å². The fraction of sp³-hybridized carbons (Fsp3) is 0.316. The Morgan fingerprint density at radius 3 is 2.42 bits per heavy atom. The molecule has 138 valence electrons. The first kappa shape index (κ1) is 18.8. The van der Waals surface area contributed by atoms with Gasteiger partial charge in [-0.1, -0.05) is 24.6 Å². The molecule has 3 rings (SSSR count). The van der Waals surface area contributed by atoms with E-state index in [1.54, 1.807) is 23.9 Å². The Morgan fingerprint density at radius 1 is 1.12 bits per heavy atom. The number of rotatable bonds is 3. The molecule has 0 saturated carbocycles. The van der Waals surface area contributed by atoms with Crippen molar-refractivity contribution in [2.75, 3.05) is 10.0 Å². The molecule has 0 bridgehead atoms. The number of benzene rings is 2. The fourth-order valence-corrected chi connectivity index (χ4v) is 5.41. The molecule has 1 amide bonds. The van der Waals surface area contributed by atoms with Gasteiger partial charge >= 0.3 is 0 Å². The normalized spacial score (nSPS) is 17.2. The summed E-state index contributed by atoms with van der Waals surface area (Å²) in [6.45, 7) is 7.72. The third-order valence-electron chi connectivity index (χ3n) is 4.25. The third kappa shape index (κ3) is 3.88. The van der Waals surface area contributed by atoms with Gasteiger partial charge in [0.05, 0.1) is 16.3 Å². The number of amides is 1. The van der Waals surface area contributed by atoms with Crippen molar-refractivity contribution in [1.82, 2.24) is 0 Å². The van der Waals surface area contributed by atoms with Crippen LogP contribution in [0.25, 0.3) is 0 Å². The molecule has 7 heteroatoms. The first-order valence-electron chi connectivity index (χ1n) is 8.37. The van der Waals surface area contributed by atoms with Crippen LogP contribution in [0.15, 0.2) is 40.1 Å². The highest BCUT2D eigenvalue weighted by Crippen LogP contribution is 2.36. The van der Waals surface area contributed by atoms with Crippen LogP contribution < -0.4 is 10.0 Å². The number of nitrogens with one attached hydrogen (secondary N) is 2. The van der Waals surface area contributed by atoms with Crippen LogP contribution >= 0.6 is 11.8 Å². The van der Waals surface area contributed by atoms with E-state index in [0.29, 0.717) is 17.8 Å². The van der Waals surface area contributed by atoms with Crippen LogP contribution in [-0.4, -0.2) is 19.6 Å². The molecule has 0 aromatic heterocycles. The van der Waals surface area contributed by atoms with Crippen molar-refractivity contribution in [3.8, 4) is 0 Å². The molecule has 1 aliphatic heterocycles. The lowest BCUT2D eigenvalue weighted by atomic mass is 10.1. The van der Waals surface area contributed by atoms with E-state index in [4.69, 9.17) is 0 Å². The standard InChI is InChI=1S/C19H22N2O3S2/c1-11-7-12(2)19(13(3)8-11)21-26(23,24)15-5-6-17-16(10-15)20-18(22)9-14(4)25-17/h5-8,10,14,21H,9H2,1-4H3,(H,20,22)/t14-/m1/s1. The first-order chi connectivity index (χ1) is 12.2. The Kier molecular flexibility index (Phi) is 5.03. The van der Waals surface area contributed by atoms with Crippen LogP contribution in [0.4, 0.5) is 11.4 Å². The van der Waals surface area contributed by atoms with Crippen molar-refractivity contribution in [1.29, 1.82) is 0 Å². The number of aryl methyl sites for hydroxylation is 3. The largest absolute Gasteiger partial charge is 0.325 e. The minimum Gasteiger partial charge on any atom is -0.325 e. The van der Waals surface area contributed by atoms with Gasteiger partial charge in [-0.3, -0.25) is 9.52 Å². The number of carbonyl (C=O) groups is 1. The molecular weight excluding hydrogens is 368 g/mol. The summed E-state index contributed by atoms with van der Waals surface area (Å²) in [7, 11) is -3.76. The lowest BCUT2D eigenvalue weighted by Gasteiger charge is -2.15. The summed E-state index contributed by atoms with van der Waals surface area (Å²) in [5, 5.41) is 2.96. The van der Waals surface area contributed by atoms with E-state index >= 15 is 0 Å². The minimum absolute atomic E-state index is 0.100. The second kappa shape index (κ2) is 6.96. The Labute approximate surface area is 158 Å². The average molecular weight is 391 g/mol. The molecule has 0 unspecified atom stereocenters. The zero-order valence-corrected chi connectivity index (χ0v) is 16.8. The number of carbonyl (C=O) groups excluding carboxylic acids is 1. The van der Waals surface area contributed by atoms with E-state index < -0.39 is 10.0 Å². The molecule has 1 heterocycles. The zero-order chi connectivity index (χ0) is 19.1. The van der Waals surface area contributed by atoms with E-state index in [1.807, 2.05) is 39.8 Å². The number of hydrogen-bond donors (Lipinski definition) is 2. The highest BCUT2D eigenvalue weighted by Gasteiger charge is 2.23. The molecule has 0 aliphatic carbocycles. The van der Waals surface area contributed by atoms with Crippen molar-refractivity contribution in [3.05, 3.63) is 47.0 Å². The van der Waals surface area contributed by atoms with Crippen molar-refractivity contribution >= 4 is 39.1 Å². The summed E-state index contributed by atoms with van der Waals surface area (Å²) in [5.74, 6) is -0.100. The van der Waals surface area contributed by atoms with E-state index in [-0.39, 0.29) is 16.1 Å². The number of sulfonamides is 1. The van der Waals surface area contributed by atoms with Crippen molar-refractivity contribution in [2.45, 2.75) is 49.2 Å². The summed E-state index contributed by atoms with van der Waals surface area (Å²) in [6.07, 6.45) is 0.404. The summed E-state index contributed by atoms with van der Waals surface area (Å²) in [4.78, 5) is 13.0. The second-order valence-corrected chi connectivity index (χ2v) is 9.88. The SMILES string of the molecule is Cc1cc(C)c(NS(=O)(=O)c2ccc3c(c2)NC(=O)C[C@@H](C)S3)c(C)c1. The van der Waals surface area contributed by atoms with E-state index in [2.05, 4.69) is 10.0 Å². The quantitative estimate of drug-likeness (QED) is 0.822. The van der Waals surface area contributed by atoms with E-state index in [1.165, 1.54) is 6.07 Å². The minimum atomic E-state index is -3.76. The smallest absolute Gasteiger partial charge is 0.261 e. The molecule has 26 heavy (non-hydrogen) atoms. The maximum Gasteiger partial charge on any atom is 0.261 e. The molecule has 0 saturated heterocycles. The Hall–Kier alpha value is -1.99. The molecule has 0 spiro atoms. The number of fused-ring (bicyclic) bond motifs is 1. The lowest BCUT2D eigenvalue weighted by Crippen LogP contribution is -2.16. The zero-order valence-electron chi connectivity index (χ0n) is 15.2. The maximum absolute atomic E-state index is 12.9.